The van der Waals surface area contributed by atoms with Crippen molar-refractivity contribution in [3.63, 3.8) is 0 Å². The summed E-state index contributed by atoms with van der Waals surface area (Å²) in [7, 11) is 1.24. The number of furan rings is 1. The zero-order chi connectivity index (χ0) is 24.7. The highest BCUT2D eigenvalue weighted by Crippen LogP contribution is 2.40. The van der Waals surface area contributed by atoms with Gasteiger partial charge in [0.25, 0.3) is 11.8 Å². The van der Waals surface area contributed by atoms with Crippen LogP contribution in [0.2, 0.25) is 0 Å². The number of aliphatic carboxylic acids is 1. The first-order valence-corrected chi connectivity index (χ1v) is 11.3. The normalized spacial score (nSPS) is 20.0. The number of nitrogens with zero attached hydrogens (tertiary/aromatic N) is 4. The van der Waals surface area contributed by atoms with Crippen LogP contribution in [-0.2, 0) is 25.8 Å². The van der Waals surface area contributed by atoms with Gasteiger partial charge in [-0.05, 0) is 6.07 Å². The van der Waals surface area contributed by atoms with Gasteiger partial charge < -0.3 is 34.7 Å². The van der Waals surface area contributed by atoms with Gasteiger partial charge in [0.15, 0.2) is 24.7 Å². The van der Waals surface area contributed by atoms with Crippen LogP contribution in [-0.4, -0.2) is 57.8 Å². The monoisotopic (exact) mass is 498 g/mol. The van der Waals surface area contributed by atoms with Crippen LogP contribution in [0.4, 0.5) is 5.88 Å². The van der Waals surface area contributed by atoms with Gasteiger partial charge >= 0.3 is 0 Å². The number of nitrogen functional groups attached to an aromatic ring is 1. The van der Waals surface area contributed by atoms with Crippen molar-refractivity contribution >= 4 is 52.1 Å². The fourth-order valence-electron chi connectivity index (χ4n) is 3.98. The molecule has 3 aromatic heterocycles. The molecule has 5 rings (SSSR count). The van der Waals surface area contributed by atoms with E-state index in [1.165, 1.54) is 24.9 Å². The first-order valence-electron chi connectivity index (χ1n) is 10.3. The Bertz CT molecular complexity index is 1410. The van der Waals surface area contributed by atoms with Gasteiger partial charge in [-0.25, -0.2) is 4.57 Å². The molecular formula is C21H18N6O7S. The number of carboxylic acids is 1. The minimum absolute atomic E-state index is 0.0194. The maximum atomic E-state index is 12.9. The molecule has 1 fully saturated rings. The molecule has 1 unspecified atom stereocenters. The zero-order valence-electron chi connectivity index (χ0n) is 18.2. The Kier molecular flexibility index (Phi) is 5.64. The van der Waals surface area contributed by atoms with Crippen molar-refractivity contribution in [2.75, 3.05) is 18.6 Å². The van der Waals surface area contributed by atoms with Crippen molar-refractivity contribution in [2.45, 2.75) is 18.0 Å². The molecule has 0 saturated carbocycles. The molecule has 3 N–H and O–H groups in total. The Morgan fingerprint density at radius 3 is 3.00 bits per heavy atom. The van der Waals surface area contributed by atoms with Crippen LogP contribution in [0.5, 0.6) is 0 Å². The molecule has 0 spiro atoms. The summed E-state index contributed by atoms with van der Waals surface area (Å²) in [6.45, 7) is 0.239. The number of nitrogens with one attached hydrogen (secondary N) is 1. The summed E-state index contributed by atoms with van der Waals surface area (Å²) in [6, 6.07) is 3.87. The molecule has 35 heavy (non-hydrogen) atoms. The summed E-state index contributed by atoms with van der Waals surface area (Å²) >= 11 is 1.33. The smallest absolute Gasteiger partial charge is 0.276 e. The van der Waals surface area contributed by atoms with Gasteiger partial charge in [-0.3, -0.25) is 14.5 Å². The number of anilines is 1. The third-order valence-electron chi connectivity index (χ3n) is 5.52. The summed E-state index contributed by atoms with van der Waals surface area (Å²) in [5, 5.41) is 22.1. The van der Waals surface area contributed by atoms with Crippen LogP contribution in [0, 0.1) is 0 Å². The number of aromatic nitrogens is 2. The number of pyridine rings is 1. The van der Waals surface area contributed by atoms with Crippen molar-refractivity contribution < 1.29 is 37.8 Å². The maximum absolute atomic E-state index is 12.9. The molecule has 0 aliphatic carbocycles. The Hall–Kier alpha value is -4.33. The number of hydrogen-bond acceptors (Lipinski definition) is 11. The lowest BCUT2D eigenvalue weighted by Crippen LogP contribution is -2.71. The number of oxime groups is 1. The molecule has 180 valence electrons. The number of carbonyl (C=O) groups is 3. The van der Waals surface area contributed by atoms with Gasteiger partial charge in [0.05, 0.1) is 23.3 Å². The van der Waals surface area contributed by atoms with E-state index >= 15 is 0 Å². The number of nitrogens with two attached hydrogens (primary N) is 1. The maximum Gasteiger partial charge on any atom is 0.276 e. The predicted octanol–water partition coefficient (Wildman–Crippen LogP) is -1.25. The summed E-state index contributed by atoms with van der Waals surface area (Å²) in [4.78, 5) is 43.6. The predicted molar refractivity (Wildman–Crippen MR) is 118 cm³/mol. The SMILES string of the molecule is CON=C(C(=O)NC1C(=O)N2C(C(=O)[O-])=C(C[n+]3ccc4occc4c3)CS[C@@H]12)c1cc(N)on1. The fraction of sp³-hybridized carbons (Fsp3) is 0.238. The van der Waals surface area contributed by atoms with Gasteiger partial charge in [-0.15, -0.1) is 11.8 Å². The number of β-lactam (4-membered cyclic amide) rings is 1. The third kappa shape index (κ3) is 3.97. The van der Waals surface area contributed by atoms with Crippen molar-refractivity contribution in [1.82, 2.24) is 15.4 Å². The molecule has 2 aliphatic rings. The summed E-state index contributed by atoms with van der Waals surface area (Å²) in [5.74, 6) is -2.52. The first kappa shape index (κ1) is 22.5. The number of amides is 2. The lowest BCUT2D eigenvalue weighted by molar-refractivity contribution is -0.687. The molecular weight excluding hydrogens is 480 g/mol. The van der Waals surface area contributed by atoms with Crippen LogP contribution in [0.25, 0.3) is 11.0 Å². The number of fused-ring (bicyclic) bond motifs is 2. The topological polar surface area (TPSA) is 180 Å². The van der Waals surface area contributed by atoms with Crippen molar-refractivity contribution in [3.05, 3.63) is 53.8 Å². The Morgan fingerprint density at radius 2 is 2.29 bits per heavy atom. The van der Waals surface area contributed by atoms with E-state index in [2.05, 4.69) is 15.6 Å². The van der Waals surface area contributed by atoms with E-state index in [1.807, 2.05) is 6.20 Å². The summed E-state index contributed by atoms with van der Waals surface area (Å²) in [5.41, 5.74) is 6.29. The van der Waals surface area contributed by atoms with Crippen LogP contribution >= 0.6 is 11.8 Å². The zero-order valence-corrected chi connectivity index (χ0v) is 19.0. The van der Waals surface area contributed by atoms with E-state index in [4.69, 9.17) is 19.5 Å². The number of hydrogen-bond donors (Lipinski definition) is 2. The Balaban J connectivity index is 1.36. The number of carbonyl (C=O) groups excluding carboxylic acids is 3. The average Bonchev–Trinajstić information content (AvgIpc) is 3.48. The van der Waals surface area contributed by atoms with Crippen molar-refractivity contribution in [3.8, 4) is 0 Å². The number of rotatable bonds is 7. The molecule has 13 nitrogen and oxygen atoms in total. The molecule has 0 aromatic carbocycles. The molecule has 0 radical (unpaired) electrons. The van der Waals surface area contributed by atoms with Gasteiger partial charge in [-0.1, -0.05) is 10.3 Å². The van der Waals surface area contributed by atoms with Crippen LogP contribution in [0.15, 0.2) is 62.2 Å². The van der Waals surface area contributed by atoms with E-state index in [0.29, 0.717) is 16.9 Å². The number of thioether (sulfide) groups is 1. The molecule has 0 bridgehead atoms. The van der Waals surface area contributed by atoms with E-state index < -0.39 is 29.2 Å². The van der Waals surface area contributed by atoms with Gasteiger partial charge in [0, 0.05) is 23.5 Å². The highest BCUT2D eigenvalue weighted by molar-refractivity contribution is 8.00. The molecule has 3 aromatic rings. The third-order valence-corrected chi connectivity index (χ3v) is 6.86. The second kappa shape index (κ2) is 8.79. The van der Waals surface area contributed by atoms with Crippen molar-refractivity contribution in [1.29, 1.82) is 0 Å². The van der Waals surface area contributed by atoms with E-state index in [-0.39, 0.29) is 29.5 Å². The lowest BCUT2D eigenvalue weighted by atomic mass is 10.0. The average molecular weight is 498 g/mol. The molecule has 14 heteroatoms. The Labute approximate surface area is 201 Å². The van der Waals surface area contributed by atoms with Crippen LogP contribution in [0.3, 0.4) is 0 Å². The minimum atomic E-state index is -1.46. The summed E-state index contributed by atoms with van der Waals surface area (Å²) < 4.78 is 11.9. The van der Waals surface area contributed by atoms with E-state index in [9.17, 15) is 19.5 Å². The van der Waals surface area contributed by atoms with Gasteiger partial charge in [-0.2, -0.15) is 0 Å². The molecule has 1 saturated heterocycles. The van der Waals surface area contributed by atoms with Gasteiger partial charge in [0.1, 0.15) is 29.8 Å². The minimum Gasteiger partial charge on any atom is -0.543 e. The number of carboxylic acid groups (broad SMARTS) is 1. The quantitative estimate of drug-likeness (QED) is 0.173. The Morgan fingerprint density at radius 1 is 1.46 bits per heavy atom. The highest BCUT2D eigenvalue weighted by Gasteiger charge is 2.53. The van der Waals surface area contributed by atoms with Gasteiger partial charge in [0.2, 0.25) is 5.88 Å². The van der Waals surface area contributed by atoms with E-state index in [0.717, 1.165) is 10.3 Å². The molecule has 2 amide bonds. The molecule has 5 heterocycles. The second-order valence-corrected chi connectivity index (χ2v) is 8.80. The summed E-state index contributed by atoms with van der Waals surface area (Å²) in [6.07, 6.45) is 5.15. The lowest BCUT2D eigenvalue weighted by Gasteiger charge is -2.50. The van der Waals surface area contributed by atoms with Crippen molar-refractivity contribution in [2.24, 2.45) is 5.16 Å². The molecule has 2 aliphatic heterocycles. The fourth-order valence-corrected chi connectivity index (χ4v) is 5.31. The second-order valence-electron chi connectivity index (χ2n) is 7.69. The highest BCUT2D eigenvalue weighted by atomic mass is 32.2. The van der Waals surface area contributed by atoms with Crippen LogP contribution < -0.4 is 20.7 Å². The van der Waals surface area contributed by atoms with Crippen LogP contribution in [0.1, 0.15) is 5.69 Å². The first-order chi connectivity index (χ1) is 16.9. The van der Waals surface area contributed by atoms with E-state index in [1.54, 1.807) is 29.2 Å². The molecule has 2 atom stereocenters. The largest absolute Gasteiger partial charge is 0.543 e. The standard InChI is InChI=1S/C21H18N6O7S/c1-32-25-15(12-6-14(22)34-24-12)18(28)23-16-19(29)27-17(21(30)31)11(9-35-20(16)27)8-26-4-2-13-10(7-26)3-5-33-13/h2-7,16,20H,8-9H2,1H3,(H3-,22,23,24,28,30,31)/t16?,20-/m0/s1.